The van der Waals surface area contributed by atoms with E-state index in [-0.39, 0.29) is 10.8 Å². The van der Waals surface area contributed by atoms with Gasteiger partial charge in [0, 0.05) is 10.8 Å². The van der Waals surface area contributed by atoms with Gasteiger partial charge >= 0.3 is 0 Å². The van der Waals surface area contributed by atoms with Gasteiger partial charge in [0.05, 0.1) is 52.9 Å². The summed E-state index contributed by atoms with van der Waals surface area (Å²) in [6.45, 7) is 14.5. The van der Waals surface area contributed by atoms with E-state index in [0.717, 1.165) is 52.1 Å². The maximum Gasteiger partial charge on any atom is 0.0700 e. The third kappa shape index (κ3) is 6.15. The molecule has 0 N–H and O–H groups in total. The lowest BCUT2D eigenvalue weighted by molar-refractivity contribution is -0.0844. The number of hydrogen-bond acceptors (Lipinski definition) is 4. The molecule has 4 nitrogen and oxygen atoms in total. The van der Waals surface area contributed by atoms with Crippen LogP contribution in [0, 0.1) is 10.8 Å². The zero-order valence-corrected chi connectivity index (χ0v) is 15.1. The van der Waals surface area contributed by atoms with Crippen molar-refractivity contribution >= 4 is 0 Å². The molecule has 132 valence electrons. The van der Waals surface area contributed by atoms with Crippen molar-refractivity contribution in [2.45, 2.75) is 53.4 Å². The van der Waals surface area contributed by atoms with Crippen LogP contribution in [0.15, 0.2) is 0 Å². The minimum Gasteiger partial charge on any atom is -0.378 e. The lowest BCUT2D eigenvalue weighted by atomic mass is 9.84. The minimum atomic E-state index is 0.126. The van der Waals surface area contributed by atoms with E-state index >= 15 is 0 Å². The summed E-state index contributed by atoms with van der Waals surface area (Å²) in [5.74, 6) is 0. The zero-order chi connectivity index (χ0) is 16.3. The molecule has 0 aromatic rings. The Morgan fingerprint density at radius 2 is 0.727 bits per heavy atom. The van der Waals surface area contributed by atoms with Crippen molar-refractivity contribution in [2.24, 2.45) is 10.8 Å². The predicted octanol–water partition coefficient (Wildman–Crippen LogP) is 3.68. The van der Waals surface area contributed by atoms with Crippen LogP contribution in [0.2, 0.25) is 0 Å². The number of rotatable bonds is 4. The average Bonchev–Trinajstić information content (AvgIpc) is 2.57. The summed E-state index contributed by atoms with van der Waals surface area (Å²) in [4.78, 5) is 0. The van der Waals surface area contributed by atoms with Crippen molar-refractivity contribution in [1.82, 2.24) is 0 Å². The number of ether oxygens (including phenoxy) is 4. The van der Waals surface area contributed by atoms with Crippen molar-refractivity contribution in [3.63, 3.8) is 0 Å². The van der Waals surface area contributed by atoms with Crippen molar-refractivity contribution in [1.29, 1.82) is 0 Å². The van der Waals surface area contributed by atoms with Gasteiger partial charge in [-0.15, -0.1) is 0 Å². The van der Waals surface area contributed by atoms with Gasteiger partial charge in [-0.2, -0.15) is 0 Å². The fourth-order valence-electron chi connectivity index (χ4n) is 2.79. The highest BCUT2D eigenvalue weighted by Crippen LogP contribution is 2.29. The molecule has 0 aromatic carbocycles. The van der Waals surface area contributed by atoms with E-state index in [4.69, 9.17) is 18.9 Å². The Morgan fingerprint density at radius 3 is 0.909 bits per heavy atom. The summed E-state index contributed by atoms with van der Waals surface area (Å²) in [6.07, 6.45) is 4.28. The van der Waals surface area contributed by atoms with Crippen molar-refractivity contribution in [3.05, 3.63) is 0 Å². The third-order valence-corrected chi connectivity index (χ3v) is 5.38. The lowest BCUT2D eigenvalue weighted by Gasteiger charge is -2.33. The van der Waals surface area contributed by atoms with Gasteiger partial charge in [0.25, 0.3) is 0 Å². The molecule has 0 spiro atoms. The largest absolute Gasteiger partial charge is 0.378 e. The summed E-state index contributed by atoms with van der Waals surface area (Å²) in [5, 5.41) is 0. The van der Waals surface area contributed by atoms with Crippen molar-refractivity contribution in [3.8, 4) is 0 Å². The molecule has 1 saturated heterocycles. The van der Waals surface area contributed by atoms with Gasteiger partial charge in [-0.1, -0.05) is 27.7 Å². The van der Waals surface area contributed by atoms with Crippen LogP contribution in [-0.2, 0) is 18.9 Å². The second-order valence-corrected chi connectivity index (χ2v) is 6.62. The summed E-state index contributed by atoms with van der Waals surface area (Å²) >= 11 is 0. The first kappa shape index (κ1) is 19.9. The first-order valence-electron chi connectivity index (χ1n) is 8.97. The fraction of sp³-hybridized carbons (Fsp3) is 1.00. The van der Waals surface area contributed by atoms with Crippen molar-refractivity contribution < 1.29 is 18.9 Å². The Labute approximate surface area is 136 Å². The molecule has 0 bridgehead atoms. The maximum absolute atomic E-state index is 5.88. The summed E-state index contributed by atoms with van der Waals surface area (Å²) in [5.41, 5.74) is 0.251. The Kier molecular flexibility index (Phi) is 9.57. The van der Waals surface area contributed by atoms with Crippen LogP contribution in [0.5, 0.6) is 0 Å². The first-order chi connectivity index (χ1) is 10.7. The molecule has 1 heterocycles. The molecule has 0 saturated carbocycles. The standard InChI is InChI=1S/C18H36O4/c1-5-17(6-2)13-19-9-11-21-15-18(7-3,8-4)16-22-12-10-20-14-17/h5-16H2,1-4H3. The average molecular weight is 316 g/mol. The van der Waals surface area contributed by atoms with Gasteiger partial charge in [0.2, 0.25) is 0 Å². The van der Waals surface area contributed by atoms with Gasteiger partial charge in [-0.05, 0) is 25.7 Å². The lowest BCUT2D eigenvalue weighted by Crippen LogP contribution is -2.35. The SMILES string of the molecule is CCC1(CC)COCCOCC(CC)(CC)COCCOC1. The molecule has 0 unspecified atom stereocenters. The predicted molar refractivity (Wildman–Crippen MR) is 89.3 cm³/mol. The summed E-state index contributed by atoms with van der Waals surface area (Å²) in [7, 11) is 0. The molecule has 0 aromatic heterocycles. The van der Waals surface area contributed by atoms with Crippen LogP contribution in [-0.4, -0.2) is 52.9 Å². The van der Waals surface area contributed by atoms with Gasteiger partial charge in [0.1, 0.15) is 0 Å². The van der Waals surface area contributed by atoms with Crippen LogP contribution in [0.4, 0.5) is 0 Å². The normalized spacial score (nSPS) is 24.5. The molecule has 0 aliphatic carbocycles. The van der Waals surface area contributed by atoms with E-state index in [1.807, 2.05) is 0 Å². The molecular weight excluding hydrogens is 280 g/mol. The van der Waals surface area contributed by atoms with Crippen LogP contribution in [0.3, 0.4) is 0 Å². The van der Waals surface area contributed by atoms with Gasteiger partial charge in [-0.3, -0.25) is 0 Å². The maximum atomic E-state index is 5.88. The van der Waals surface area contributed by atoms with Gasteiger partial charge in [-0.25, -0.2) is 0 Å². The Balaban J connectivity index is 2.56. The van der Waals surface area contributed by atoms with E-state index < -0.39 is 0 Å². The zero-order valence-electron chi connectivity index (χ0n) is 15.1. The third-order valence-electron chi connectivity index (χ3n) is 5.38. The van der Waals surface area contributed by atoms with Crippen LogP contribution >= 0.6 is 0 Å². The summed E-state index contributed by atoms with van der Waals surface area (Å²) < 4.78 is 23.5. The second kappa shape index (κ2) is 10.6. The van der Waals surface area contributed by atoms with Crippen LogP contribution < -0.4 is 0 Å². The molecule has 4 heteroatoms. The van der Waals surface area contributed by atoms with Gasteiger partial charge in [0.15, 0.2) is 0 Å². The molecular formula is C18H36O4. The molecule has 1 aliphatic heterocycles. The molecule has 1 aliphatic rings. The van der Waals surface area contributed by atoms with Crippen molar-refractivity contribution in [2.75, 3.05) is 52.9 Å². The smallest absolute Gasteiger partial charge is 0.0700 e. The molecule has 0 radical (unpaired) electrons. The van der Waals surface area contributed by atoms with E-state index in [0.29, 0.717) is 26.4 Å². The molecule has 0 amide bonds. The molecule has 22 heavy (non-hydrogen) atoms. The monoisotopic (exact) mass is 316 g/mol. The van der Waals surface area contributed by atoms with Crippen LogP contribution in [0.25, 0.3) is 0 Å². The highest BCUT2D eigenvalue weighted by molar-refractivity contribution is 4.77. The van der Waals surface area contributed by atoms with Crippen LogP contribution in [0.1, 0.15) is 53.4 Å². The summed E-state index contributed by atoms with van der Waals surface area (Å²) in [6, 6.07) is 0. The highest BCUT2D eigenvalue weighted by Gasteiger charge is 2.29. The first-order valence-corrected chi connectivity index (χ1v) is 8.97. The number of hydrogen-bond donors (Lipinski definition) is 0. The van der Waals surface area contributed by atoms with E-state index in [1.54, 1.807) is 0 Å². The highest BCUT2D eigenvalue weighted by atomic mass is 16.5. The van der Waals surface area contributed by atoms with Gasteiger partial charge < -0.3 is 18.9 Å². The molecule has 0 atom stereocenters. The Morgan fingerprint density at radius 1 is 0.500 bits per heavy atom. The fourth-order valence-corrected chi connectivity index (χ4v) is 2.79. The Hall–Kier alpha value is -0.160. The molecule has 1 rings (SSSR count). The van der Waals surface area contributed by atoms with E-state index in [9.17, 15) is 0 Å². The Bertz CT molecular complexity index is 224. The quantitative estimate of drug-likeness (QED) is 0.793. The minimum absolute atomic E-state index is 0.126. The van der Waals surface area contributed by atoms with E-state index in [1.165, 1.54) is 0 Å². The van der Waals surface area contributed by atoms with E-state index in [2.05, 4.69) is 27.7 Å². The topological polar surface area (TPSA) is 36.9 Å². The second-order valence-electron chi connectivity index (χ2n) is 6.62. The molecule has 1 fully saturated rings.